The first-order chi connectivity index (χ1) is 10.8. The molecule has 1 N–H and O–H groups in total. The number of aromatic carboxylic acids is 1. The number of hydrogen-bond acceptors (Lipinski definition) is 2. The van der Waals surface area contributed by atoms with Gasteiger partial charge in [0.25, 0.3) is 0 Å². The summed E-state index contributed by atoms with van der Waals surface area (Å²) < 4.78 is 2.45. The Labute approximate surface area is 162 Å². The van der Waals surface area contributed by atoms with Crippen LogP contribution in [0.15, 0.2) is 35.3 Å². The molecule has 1 aliphatic rings. The molecule has 0 saturated carbocycles. The molecule has 5 heteroatoms. The number of hydrogen-bond donors (Lipinski definition) is 1. The molecule has 0 fully saturated rings. The Morgan fingerprint density at radius 3 is 2.35 bits per heavy atom. The van der Waals surface area contributed by atoms with Crippen LogP contribution in [0.5, 0.6) is 0 Å². The van der Waals surface area contributed by atoms with Crippen molar-refractivity contribution < 1.29 is 9.90 Å². The molecule has 23 heavy (non-hydrogen) atoms. The van der Waals surface area contributed by atoms with Crippen LogP contribution < -0.4 is 0 Å². The van der Waals surface area contributed by atoms with Crippen molar-refractivity contribution in [2.75, 3.05) is 0 Å². The lowest BCUT2D eigenvalue weighted by Crippen LogP contribution is -2.30. The number of aliphatic imine (C=N–C) groups is 1. The Bertz CT molecular complexity index is 856. The van der Waals surface area contributed by atoms with Crippen molar-refractivity contribution in [2.45, 2.75) is 26.2 Å². The minimum atomic E-state index is -0.904. The van der Waals surface area contributed by atoms with E-state index in [1.165, 1.54) is 18.3 Å². The van der Waals surface area contributed by atoms with Gasteiger partial charge in [0.1, 0.15) is 0 Å². The van der Waals surface area contributed by atoms with Gasteiger partial charge in [0.2, 0.25) is 0 Å². The fourth-order valence-electron chi connectivity index (χ4n) is 3.04. The van der Waals surface area contributed by atoms with Crippen LogP contribution in [0.1, 0.15) is 40.9 Å². The van der Waals surface area contributed by atoms with E-state index < -0.39 is 5.97 Å². The molecule has 1 heterocycles. The third-order valence-corrected chi connectivity index (χ3v) is 7.12. The van der Waals surface area contributed by atoms with Crippen molar-refractivity contribution >= 4 is 62.6 Å². The molecule has 0 aromatic heterocycles. The number of nitrogens with zero attached hydrogens (tertiary/aromatic N) is 1. The number of carboxylic acid groups (broad SMARTS) is 1. The number of benzene rings is 2. The SMILES string of the molecule is CC1=Nc2cc(I)c(C)c(I)c2C1(C)c1ccc(C(=O)O)cc1. The van der Waals surface area contributed by atoms with Gasteiger partial charge in [0.15, 0.2) is 0 Å². The summed E-state index contributed by atoms with van der Waals surface area (Å²) in [5, 5.41) is 9.10. The smallest absolute Gasteiger partial charge is 0.335 e. The molecule has 1 aliphatic heterocycles. The summed E-state index contributed by atoms with van der Waals surface area (Å²) in [6.45, 7) is 6.34. The normalized spacial score (nSPS) is 19.4. The summed E-state index contributed by atoms with van der Waals surface area (Å²) in [6, 6.07) is 9.27. The Hall–Kier alpha value is -0.960. The summed E-state index contributed by atoms with van der Waals surface area (Å²) in [5.74, 6) is -0.904. The minimum Gasteiger partial charge on any atom is -0.478 e. The van der Waals surface area contributed by atoms with Crippen LogP contribution in [0.4, 0.5) is 5.69 Å². The zero-order valence-electron chi connectivity index (χ0n) is 12.9. The lowest BCUT2D eigenvalue weighted by Gasteiger charge is -2.29. The topological polar surface area (TPSA) is 49.7 Å². The number of halogens is 2. The first kappa shape index (κ1) is 16.9. The van der Waals surface area contributed by atoms with Gasteiger partial charge < -0.3 is 5.11 Å². The maximum atomic E-state index is 11.1. The van der Waals surface area contributed by atoms with Gasteiger partial charge in [-0.3, -0.25) is 4.99 Å². The van der Waals surface area contributed by atoms with Gasteiger partial charge >= 0.3 is 5.97 Å². The predicted molar refractivity (Wildman–Crippen MR) is 109 cm³/mol. The monoisotopic (exact) mass is 531 g/mol. The molecule has 118 valence electrons. The fourth-order valence-corrected chi connectivity index (χ4v) is 5.23. The van der Waals surface area contributed by atoms with Crippen LogP contribution in [0, 0.1) is 14.1 Å². The second-order valence-electron chi connectivity index (χ2n) is 5.90. The maximum absolute atomic E-state index is 11.1. The Kier molecular flexibility index (Phi) is 4.29. The number of carboxylic acids is 1. The lowest BCUT2D eigenvalue weighted by molar-refractivity contribution is 0.0697. The molecule has 3 nitrogen and oxygen atoms in total. The number of fused-ring (bicyclic) bond motifs is 1. The molecule has 1 unspecified atom stereocenters. The predicted octanol–water partition coefficient (Wildman–Crippen LogP) is 5.31. The van der Waals surface area contributed by atoms with Gasteiger partial charge in [-0.2, -0.15) is 0 Å². The van der Waals surface area contributed by atoms with Crippen molar-refractivity contribution in [2.24, 2.45) is 4.99 Å². The summed E-state index contributed by atoms with van der Waals surface area (Å²) in [6.07, 6.45) is 0. The molecule has 0 saturated heterocycles. The van der Waals surface area contributed by atoms with Crippen LogP contribution in [-0.4, -0.2) is 16.8 Å². The highest BCUT2D eigenvalue weighted by molar-refractivity contribution is 14.1. The summed E-state index contributed by atoms with van der Waals surface area (Å²) in [5.41, 5.74) is 5.60. The fraction of sp³-hybridized carbons (Fsp3) is 0.222. The summed E-state index contributed by atoms with van der Waals surface area (Å²) >= 11 is 4.75. The first-order valence-corrected chi connectivity index (χ1v) is 9.31. The van der Waals surface area contributed by atoms with Crippen molar-refractivity contribution in [1.29, 1.82) is 0 Å². The van der Waals surface area contributed by atoms with Crippen LogP contribution in [0.3, 0.4) is 0 Å². The van der Waals surface area contributed by atoms with E-state index in [2.05, 4.69) is 65.1 Å². The quantitative estimate of drug-likeness (QED) is 0.535. The summed E-state index contributed by atoms with van der Waals surface area (Å²) in [7, 11) is 0. The van der Waals surface area contributed by atoms with Gasteiger partial charge in [-0.05, 0) is 95.3 Å². The average molecular weight is 531 g/mol. The van der Waals surface area contributed by atoms with Crippen LogP contribution in [0.25, 0.3) is 0 Å². The van der Waals surface area contributed by atoms with Crippen LogP contribution >= 0.6 is 45.2 Å². The van der Waals surface area contributed by atoms with E-state index in [0.717, 1.165) is 17.0 Å². The van der Waals surface area contributed by atoms with E-state index in [0.29, 0.717) is 5.56 Å². The van der Waals surface area contributed by atoms with E-state index in [1.54, 1.807) is 12.1 Å². The molecule has 2 aromatic carbocycles. The first-order valence-electron chi connectivity index (χ1n) is 7.15. The molecule has 3 rings (SSSR count). The minimum absolute atomic E-state index is 0.304. The van der Waals surface area contributed by atoms with Crippen molar-refractivity contribution in [3.05, 3.63) is 59.7 Å². The largest absolute Gasteiger partial charge is 0.478 e. The molecular formula is C18H15I2NO2. The van der Waals surface area contributed by atoms with Crippen molar-refractivity contribution in [3.63, 3.8) is 0 Å². The van der Waals surface area contributed by atoms with Gasteiger partial charge in [-0.1, -0.05) is 12.1 Å². The molecule has 0 radical (unpaired) electrons. The number of rotatable bonds is 2. The highest BCUT2D eigenvalue weighted by atomic mass is 127. The van der Waals surface area contributed by atoms with E-state index in [1.807, 2.05) is 19.1 Å². The summed E-state index contributed by atoms with van der Waals surface area (Å²) in [4.78, 5) is 15.9. The van der Waals surface area contributed by atoms with Crippen molar-refractivity contribution in [3.8, 4) is 0 Å². The van der Waals surface area contributed by atoms with Crippen LogP contribution in [0.2, 0.25) is 0 Å². The van der Waals surface area contributed by atoms with Crippen LogP contribution in [-0.2, 0) is 5.41 Å². The van der Waals surface area contributed by atoms with E-state index in [-0.39, 0.29) is 5.41 Å². The third kappa shape index (κ3) is 2.52. The standard InChI is InChI=1S/C18H15I2NO2/c1-9-13(19)8-14-15(16(9)20)18(3,10(2)21-14)12-6-4-11(5-7-12)17(22)23/h4-8H,1-3H3,(H,22,23). The molecule has 0 spiro atoms. The van der Waals surface area contributed by atoms with Crippen molar-refractivity contribution in [1.82, 2.24) is 0 Å². The Morgan fingerprint density at radius 2 is 1.78 bits per heavy atom. The highest BCUT2D eigenvalue weighted by Gasteiger charge is 2.41. The zero-order chi connectivity index (χ0) is 16.9. The zero-order valence-corrected chi connectivity index (χ0v) is 17.3. The second kappa shape index (κ2) is 5.84. The molecule has 2 aromatic rings. The van der Waals surface area contributed by atoms with Gasteiger partial charge in [0, 0.05) is 18.4 Å². The van der Waals surface area contributed by atoms with Gasteiger partial charge in [0.05, 0.1) is 16.7 Å². The lowest BCUT2D eigenvalue weighted by atomic mass is 9.73. The maximum Gasteiger partial charge on any atom is 0.335 e. The second-order valence-corrected chi connectivity index (χ2v) is 8.14. The Balaban J connectivity index is 2.23. The number of carbonyl (C=O) groups is 1. The molecule has 0 aliphatic carbocycles. The Morgan fingerprint density at radius 1 is 1.17 bits per heavy atom. The van der Waals surface area contributed by atoms with E-state index in [9.17, 15) is 4.79 Å². The van der Waals surface area contributed by atoms with Gasteiger partial charge in [-0.15, -0.1) is 0 Å². The average Bonchev–Trinajstić information content (AvgIpc) is 2.77. The van der Waals surface area contributed by atoms with E-state index in [4.69, 9.17) is 10.1 Å². The molecule has 0 amide bonds. The molecular weight excluding hydrogens is 516 g/mol. The highest BCUT2D eigenvalue weighted by Crippen LogP contribution is 2.48. The molecule has 1 atom stereocenters. The molecule has 0 bridgehead atoms. The van der Waals surface area contributed by atoms with Gasteiger partial charge in [-0.25, -0.2) is 4.79 Å². The van der Waals surface area contributed by atoms with E-state index >= 15 is 0 Å². The third-order valence-electron chi connectivity index (χ3n) is 4.65.